The maximum Gasteiger partial charge on any atom is 0.416 e. The van der Waals surface area contributed by atoms with Crippen molar-refractivity contribution >= 4 is 5.78 Å². The van der Waals surface area contributed by atoms with Crippen LogP contribution in [0.3, 0.4) is 0 Å². The molecule has 0 saturated carbocycles. The molecule has 36 heavy (non-hydrogen) atoms. The molecule has 1 aliphatic heterocycles. The van der Waals surface area contributed by atoms with Crippen molar-refractivity contribution in [1.29, 1.82) is 0 Å². The number of ketones is 1. The van der Waals surface area contributed by atoms with Gasteiger partial charge in [-0.25, -0.2) is 9.97 Å². The zero-order valence-corrected chi connectivity index (χ0v) is 20.4. The van der Waals surface area contributed by atoms with Gasteiger partial charge in [0, 0.05) is 43.0 Å². The van der Waals surface area contributed by atoms with Crippen molar-refractivity contribution in [2.45, 2.75) is 45.8 Å². The molecule has 2 aromatic carbocycles. The monoisotopic (exact) mass is 491 g/mol. The van der Waals surface area contributed by atoms with Crippen molar-refractivity contribution in [3.63, 3.8) is 0 Å². The molecule has 1 aliphatic rings. The zero-order chi connectivity index (χ0) is 25.7. The SMILES string of the molecule is Cc1ccc(C(=O)Cc2ccc(CN3CCCC(C)C3)c(C(F)(F)F)c2)cc1C#Cc1cncnc1. The fourth-order valence-electron chi connectivity index (χ4n) is 4.53. The van der Waals surface area contributed by atoms with Gasteiger partial charge in [-0.15, -0.1) is 0 Å². The van der Waals surface area contributed by atoms with Crippen molar-refractivity contribution < 1.29 is 18.0 Å². The minimum atomic E-state index is -4.48. The molecule has 0 radical (unpaired) electrons. The lowest BCUT2D eigenvalue weighted by Gasteiger charge is -2.31. The number of alkyl halides is 3. The van der Waals surface area contributed by atoms with E-state index in [2.05, 4.69) is 33.6 Å². The van der Waals surface area contributed by atoms with Crippen LogP contribution in [0.4, 0.5) is 13.2 Å². The molecular formula is C29H28F3N3O. The number of aromatic nitrogens is 2. The summed E-state index contributed by atoms with van der Waals surface area (Å²) in [6, 6.07) is 9.46. The topological polar surface area (TPSA) is 46.1 Å². The Labute approximate surface area is 209 Å². The van der Waals surface area contributed by atoms with Crippen LogP contribution in [0.25, 0.3) is 0 Å². The van der Waals surface area contributed by atoms with Crippen LogP contribution in [0, 0.1) is 24.7 Å². The number of Topliss-reactive ketones (excluding diaryl/α,β-unsaturated/α-hetero) is 1. The summed E-state index contributed by atoms with van der Waals surface area (Å²) < 4.78 is 41.7. The Hall–Kier alpha value is -3.50. The molecule has 3 aromatic rings. The lowest BCUT2D eigenvalue weighted by molar-refractivity contribution is -0.138. The molecule has 1 aromatic heterocycles. The van der Waals surface area contributed by atoms with Gasteiger partial charge in [0.15, 0.2) is 5.78 Å². The Morgan fingerprint density at radius 1 is 1.11 bits per heavy atom. The van der Waals surface area contributed by atoms with E-state index < -0.39 is 11.7 Å². The number of aryl methyl sites for hydroxylation is 1. The van der Waals surface area contributed by atoms with Crippen molar-refractivity contribution in [1.82, 2.24) is 14.9 Å². The first-order chi connectivity index (χ1) is 17.2. The van der Waals surface area contributed by atoms with Crippen LogP contribution in [0.2, 0.25) is 0 Å². The van der Waals surface area contributed by atoms with Crippen molar-refractivity contribution in [2.75, 3.05) is 13.1 Å². The molecule has 0 amide bonds. The molecule has 1 fully saturated rings. The van der Waals surface area contributed by atoms with Crippen LogP contribution in [-0.2, 0) is 19.1 Å². The summed E-state index contributed by atoms with van der Waals surface area (Å²) >= 11 is 0. The van der Waals surface area contributed by atoms with Gasteiger partial charge in [-0.3, -0.25) is 9.69 Å². The third-order valence-electron chi connectivity index (χ3n) is 6.44. The van der Waals surface area contributed by atoms with Gasteiger partial charge in [-0.1, -0.05) is 43.0 Å². The fourth-order valence-corrected chi connectivity index (χ4v) is 4.53. The first-order valence-electron chi connectivity index (χ1n) is 12.0. The van der Waals surface area contributed by atoms with E-state index >= 15 is 0 Å². The Morgan fingerprint density at radius 3 is 2.61 bits per heavy atom. The Bertz CT molecular complexity index is 1290. The molecule has 7 heteroatoms. The summed E-state index contributed by atoms with van der Waals surface area (Å²) in [5, 5.41) is 0. The number of benzene rings is 2. The molecule has 1 atom stereocenters. The second kappa shape index (κ2) is 11.0. The number of likely N-dealkylation sites (tertiary alicyclic amines) is 1. The van der Waals surface area contributed by atoms with Crippen LogP contribution in [-0.4, -0.2) is 33.7 Å². The number of hydrogen-bond acceptors (Lipinski definition) is 4. The number of carbonyl (C=O) groups excluding carboxylic acids is 1. The average Bonchev–Trinajstić information content (AvgIpc) is 2.84. The minimum absolute atomic E-state index is 0.118. The molecule has 1 unspecified atom stereocenters. The number of piperidine rings is 1. The zero-order valence-electron chi connectivity index (χ0n) is 20.4. The highest BCUT2D eigenvalue weighted by Gasteiger charge is 2.34. The molecule has 4 nitrogen and oxygen atoms in total. The molecule has 4 rings (SSSR count). The van der Waals surface area contributed by atoms with Gasteiger partial charge in [0.05, 0.1) is 11.1 Å². The van der Waals surface area contributed by atoms with Crippen molar-refractivity contribution in [3.05, 3.63) is 94.1 Å². The van der Waals surface area contributed by atoms with Gasteiger partial charge >= 0.3 is 6.18 Å². The lowest BCUT2D eigenvalue weighted by atomic mass is 9.95. The molecular weight excluding hydrogens is 463 g/mol. The van der Waals surface area contributed by atoms with Crippen LogP contribution in [0.5, 0.6) is 0 Å². The highest BCUT2D eigenvalue weighted by Crippen LogP contribution is 2.34. The largest absolute Gasteiger partial charge is 0.416 e. The van der Waals surface area contributed by atoms with E-state index in [4.69, 9.17) is 0 Å². The summed E-state index contributed by atoms with van der Waals surface area (Å²) in [7, 11) is 0. The molecule has 0 spiro atoms. The third-order valence-corrected chi connectivity index (χ3v) is 6.44. The van der Waals surface area contributed by atoms with E-state index in [9.17, 15) is 18.0 Å². The van der Waals surface area contributed by atoms with E-state index in [1.807, 2.05) is 6.92 Å². The van der Waals surface area contributed by atoms with Gasteiger partial charge in [0.1, 0.15) is 6.33 Å². The molecule has 0 N–H and O–H groups in total. The highest BCUT2D eigenvalue weighted by atomic mass is 19.4. The normalized spacial score (nSPS) is 16.3. The van der Waals surface area contributed by atoms with E-state index in [0.717, 1.165) is 37.6 Å². The second-order valence-corrected chi connectivity index (χ2v) is 9.48. The molecule has 186 valence electrons. The van der Waals surface area contributed by atoms with Crippen LogP contribution >= 0.6 is 0 Å². The van der Waals surface area contributed by atoms with Gasteiger partial charge < -0.3 is 0 Å². The summed E-state index contributed by atoms with van der Waals surface area (Å²) in [5.41, 5.74) is 2.56. The van der Waals surface area contributed by atoms with Gasteiger partial charge in [-0.05, 0) is 61.1 Å². The van der Waals surface area contributed by atoms with E-state index in [-0.39, 0.29) is 24.3 Å². The standard InChI is InChI=1S/C29H28F3N3O/c1-20-4-3-11-35(17-20)18-26-10-6-22(12-27(26)29(30,31)32)13-28(36)25-8-5-21(2)24(14-25)9-7-23-15-33-19-34-16-23/h5-6,8,10,12,14-16,19-20H,3-4,11,13,17-18H2,1-2H3. The van der Waals surface area contributed by atoms with Crippen molar-refractivity contribution in [2.24, 2.45) is 5.92 Å². The van der Waals surface area contributed by atoms with E-state index in [1.54, 1.807) is 36.7 Å². The first-order valence-corrected chi connectivity index (χ1v) is 12.0. The van der Waals surface area contributed by atoms with Crippen LogP contribution < -0.4 is 0 Å². The van der Waals surface area contributed by atoms with E-state index in [1.165, 1.54) is 12.4 Å². The summed E-state index contributed by atoms with van der Waals surface area (Å²) in [6.45, 7) is 5.88. The summed E-state index contributed by atoms with van der Waals surface area (Å²) in [5.74, 6) is 6.22. The number of hydrogen-bond donors (Lipinski definition) is 0. The molecule has 1 saturated heterocycles. The van der Waals surface area contributed by atoms with Crippen molar-refractivity contribution in [3.8, 4) is 11.8 Å². The molecule has 0 bridgehead atoms. The number of nitrogens with zero attached hydrogens (tertiary/aromatic N) is 3. The lowest BCUT2D eigenvalue weighted by Crippen LogP contribution is -2.34. The minimum Gasteiger partial charge on any atom is -0.299 e. The Balaban J connectivity index is 1.53. The fraction of sp³-hybridized carbons (Fsp3) is 0.345. The number of halogens is 3. The summed E-state index contributed by atoms with van der Waals surface area (Å²) in [6.07, 6.45) is 2.11. The predicted molar refractivity (Wildman–Crippen MR) is 132 cm³/mol. The van der Waals surface area contributed by atoms with Crippen LogP contribution in [0.15, 0.2) is 55.1 Å². The quantitative estimate of drug-likeness (QED) is 0.331. The van der Waals surface area contributed by atoms with Gasteiger partial charge in [-0.2, -0.15) is 13.2 Å². The predicted octanol–water partition coefficient (Wildman–Crippen LogP) is 5.86. The van der Waals surface area contributed by atoms with Gasteiger partial charge in [0.25, 0.3) is 0 Å². The van der Waals surface area contributed by atoms with Crippen LogP contribution in [0.1, 0.15) is 63.5 Å². The highest BCUT2D eigenvalue weighted by molar-refractivity contribution is 5.98. The summed E-state index contributed by atoms with van der Waals surface area (Å²) in [4.78, 5) is 22.9. The maximum atomic E-state index is 13.9. The second-order valence-electron chi connectivity index (χ2n) is 9.48. The Morgan fingerprint density at radius 2 is 1.89 bits per heavy atom. The van der Waals surface area contributed by atoms with Gasteiger partial charge in [0.2, 0.25) is 0 Å². The molecule has 0 aliphatic carbocycles. The average molecular weight is 492 g/mol. The number of carbonyl (C=O) groups is 1. The number of rotatable bonds is 5. The maximum absolute atomic E-state index is 13.9. The third kappa shape index (κ3) is 6.58. The smallest absolute Gasteiger partial charge is 0.299 e. The first kappa shape index (κ1) is 25.6. The van der Waals surface area contributed by atoms with E-state index in [0.29, 0.717) is 28.2 Å². The molecule has 2 heterocycles. The Kier molecular flexibility index (Phi) is 7.85.